The van der Waals surface area contributed by atoms with Crippen molar-refractivity contribution in [2.24, 2.45) is 0 Å². The van der Waals surface area contributed by atoms with Gasteiger partial charge in [-0.05, 0) is 41.8 Å². The lowest BCUT2D eigenvalue weighted by Crippen LogP contribution is -2.06. The molecule has 1 aromatic heterocycles. The Balaban J connectivity index is 1.58. The molecular weight excluding hydrogens is 329 g/mol. The summed E-state index contributed by atoms with van der Waals surface area (Å²) in [6.45, 7) is 0.471. The Bertz CT molecular complexity index is 733. The minimum Gasteiger partial charge on any atom is -0.253 e. The minimum atomic E-state index is -4.29. The number of nitrogens with one attached hydrogen (secondary N) is 1. The average molecular weight is 340 g/mol. The number of halogens is 3. The molecule has 114 valence electrons. The number of aromatic nitrogens is 1. The van der Waals surface area contributed by atoms with Crippen LogP contribution in [0, 0.1) is 0 Å². The molecule has 0 aliphatic rings. The van der Waals surface area contributed by atoms with Crippen molar-refractivity contribution in [3.05, 3.63) is 59.7 Å². The number of nitrogens with zero attached hydrogens (tertiary/aromatic N) is 1. The molecule has 1 N–H and O–H groups in total. The Labute approximate surface area is 133 Å². The highest BCUT2D eigenvalue weighted by Crippen LogP contribution is 2.30. The Morgan fingerprint density at radius 3 is 2.45 bits per heavy atom. The van der Waals surface area contributed by atoms with Crippen molar-refractivity contribution in [3.8, 4) is 0 Å². The first-order chi connectivity index (χ1) is 10.5. The van der Waals surface area contributed by atoms with Crippen molar-refractivity contribution < 1.29 is 13.2 Å². The SMILES string of the molecule is FC(F)(F)c1ccc(CNSc2nc3ccccc3s2)cc1. The summed E-state index contributed by atoms with van der Waals surface area (Å²) in [5.74, 6) is 0. The van der Waals surface area contributed by atoms with E-state index in [0.29, 0.717) is 6.54 Å². The van der Waals surface area contributed by atoms with Crippen molar-refractivity contribution in [2.45, 2.75) is 17.1 Å². The molecule has 0 spiro atoms. The van der Waals surface area contributed by atoms with Crippen LogP contribution >= 0.6 is 23.3 Å². The monoisotopic (exact) mass is 340 g/mol. The summed E-state index contributed by atoms with van der Waals surface area (Å²) in [6.07, 6.45) is -4.29. The quantitative estimate of drug-likeness (QED) is 0.668. The largest absolute Gasteiger partial charge is 0.416 e. The highest BCUT2D eigenvalue weighted by atomic mass is 32.2. The van der Waals surface area contributed by atoms with Gasteiger partial charge in [0.25, 0.3) is 0 Å². The van der Waals surface area contributed by atoms with E-state index in [0.717, 1.165) is 32.3 Å². The second-order valence-corrected chi connectivity index (χ2v) is 6.73. The number of fused-ring (bicyclic) bond motifs is 1. The van der Waals surface area contributed by atoms with E-state index in [1.807, 2.05) is 24.3 Å². The topological polar surface area (TPSA) is 24.9 Å². The van der Waals surface area contributed by atoms with Crippen LogP contribution in [-0.2, 0) is 12.7 Å². The van der Waals surface area contributed by atoms with Gasteiger partial charge in [0.1, 0.15) is 0 Å². The van der Waals surface area contributed by atoms with Gasteiger partial charge in [-0.2, -0.15) is 13.2 Å². The molecule has 0 saturated carbocycles. The molecule has 0 fully saturated rings. The van der Waals surface area contributed by atoms with Crippen LogP contribution in [-0.4, -0.2) is 4.98 Å². The van der Waals surface area contributed by atoms with Gasteiger partial charge < -0.3 is 0 Å². The van der Waals surface area contributed by atoms with Gasteiger partial charge in [-0.3, -0.25) is 4.72 Å². The second-order valence-electron chi connectivity index (χ2n) is 4.57. The summed E-state index contributed by atoms with van der Waals surface area (Å²) in [7, 11) is 0. The van der Waals surface area contributed by atoms with E-state index in [1.54, 1.807) is 11.3 Å². The molecule has 0 aliphatic heterocycles. The van der Waals surface area contributed by atoms with Crippen molar-refractivity contribution in [1.29, 1.82) is 0 Å². The van der Waals surface area contributed by atoms with E-state index in [9.17, 15) is 13.2 Å². The van der Waals surface area contributed by atoms with Crippen LogP contribution in [0.2, 0.25) is 0 Å². The lowest BCUT2D eigenvalue weighted by molar-refractivity contribution is -0.137. The third-order valence-electron chi connectivity index (χ3n) is 2.99. The van der Waals surface area contributed by atoms with Crippen LogP contribution < -0.4 is 4.72 Å². The molecule has 0 bridgehead atoms. The molecule has 0 amide bonds. The summed E-state index contributed by atoms with van der Waals surface area (Å²) in [4.78, 5) is 4.46. The van der Waals surface area contributed by atoms with Gasteiger partial charge in [-0.25, -0.2) is 4.98 Å². The predicted molar refractivity (Wildman–Crippen MR) is 83.8 cm³/mol. The van der Waals surface area contributed by atoms with E-state index >= 15 is 0 Å². The number of hydrogen-bond donors (Lipinski definition) is 1. The Hall–Kier alpha value is -1.57. The normalized spacial score (nSPS) is 12.0. The van der Waals surface area contributed by atoms with Gasteiger partial charge in [-0.15, -0.1) is 11.3 Å². The van der Waals surface area contributed by atoms with E-state index in [4.69, 9.17) is 0 Å². The van der Waals surface area contributed by atoms with E-state index in [-0.39, 0.29) is 0 Å². The van der Waals surface area contributed by atoms with Gasteiger partial charge in [0.05, 0.1) is 15.8 Å². The smallest absolute Gasteiger partial charge is 0.253 e. The van der Waals surface area contributed by atoms with Crippen molar-refractivity contribution in [1.82, 2.24) is 9.71 Å². The molecule has 22 heavy (non-hydrogen) atoms. The van der Waals surface area contributed by atoms with Crippen LogP contribution in [0.15, 0.2) is 52.9 Å². The van der Waals surface area contributed by atoms with Crippen LogP contribution in [0.1, 0.15) is 11.1 Å². The first kappa shape index (κ1) is 15.3. The maximum absolute atomic E-state index is 12.5. The molecule has 7 heteroatoms. The molecule has 0 unspecified atom stereocenters. The predicted octanol–water partition coefficient (Wildman–Crippen LogP) is 5.11. The maximum Gasteiger partial charge on any atom is 0.416 e. The molecule has 0 saturated heterocycles. The molecule has 3 rings (SSSR count). The van der Waals surface area contributed by atoms with Gasteiger partial charge in [0.15, 0.2) is 4.34 Å². The van der Waals surface area contributed by atoms with Crippen LogP contribution in [0.5, 0.6) is 0 Å². The summed E-state index contributed by atoms with van der Waals surface area (Å²) < 4.78 is 42.5. The Morgan fingerprint density at radius 2 is 1.77 bits per heavy atom. The zero-order valence-corrected chi connectivity index (χ0v) is 12.9. The number of alkyl halides is 3. The zero-order valence-electron chi connectivity index (χ0n) is 11.2. The molecule has 0 radical (unpaired) electrons. The standard InChI is InChI=1S/C15H11F3N2S2/c16-15(17,18)11-7-5-10(6-8-11)9-19-22-14-20-12-3-1-2-4-13(12)21-14/h1-8,19H,9H2. The van der Waals surface area contributed by atoms with E-state index in [1.165, 1.54) is 24.1 Å². The summed E-state index contributed by atoms with van der Waals surface area (Å²) in [5.41, 5.74) is 1.11. The van der Waals surface area contributed by atoms with Crippen molar-refractivity contribution >= 4 is 33.5 Å². The van der Waals surface area contributed by atoms with Crippen molar-refractivity contribution in [3.63, 3.8) is 0 Å². The summed E-state index contributed by atoms with van der Waals surface area (Å²) in [5, 5.41) is 0. The number of benzene rings is 2. The summed E-state index contributed by atoms with van der Waals surface area (Å²) in [6, 6.07) is 13.0. The number of rotatable bonds is 4. The fourth-order valence-electron chi connectivity index (χ4n) is 1.89. The zero-order chi connectivity index (χ0) is 15.6. The Morgan fingerprint density at radius 1 is 1.05 bits per heavy atom. The van der Waals surface area contributed by atoms with Crippen molar-refractivity contribution in [2.75, 3.05) is 0 Å². The lowest BCUT2D eigenvalue weighted by Gasteiger charge is -2.07. The number of thiazole rings is 1. The molecule has 3 aromatic rings. The summed E-state index contributed by atoms with van der Waals surface area (Å²) >= 11 is 2.96. The second kappa shape index (κ2) is 6.28. The highest BCUT2D eigenvalue weighted by molar-refractivity contribution is 7.99. The number of hydrogen-bond acceptors (Lipinski definition) is 4. The molecule has 0 atom stereocenters. The fourth-order valence-corrected chi connectivity index (χ4v) is 3.70. The van der Waals surface area contributed by atoms with Crippen LogP contribution in [0.3, 0.4) is 0 Å². The molecular formula is C15H11F3N2S2. The molecule has 2 aromatic carbocycles. The first-order valence-electron chi connectivity index (χ1n) is 6.44. The van der Waals surface area contributed by atoms with Crippen LogP contribution in [0.4, 0.5) is 13.2 Å². The fraction of sp³-hybridized carbons (Fsp3) is 0.133. The molecule has 1 heterocycles. The molecule has 2 nitrogen and oxygen atoms in total. The molecule has 0 aliphatic carbocycles. The average Bonchev–Trinajstić information content (AvgIpc) is 2.89. The van der Waals surface area contributed by atoms with E-state index < -0.39 is 11.7 Å². The third-order valence-corrected chi connectivity index (χ3v) is 4.88. The van der Waals surface area contributed by atoms with Crippen LogP contribution in [0.25, 0.3) is 10.2 Å². The van der Waals surface area contributed by atoms with Gasteiger partial charge in [0.2, 0.25) is 0 Å². The van der Waals surface area contributed by atoms with Gasteiger partial charge in [0, 0.05) is 6.54 Å². The minimum absolute atomic E-state index is 0.471. The Kier molecular flexibility index (Phi) is 4.37. The number of para-hydroxylation sites is 1. The van der Waals surface area contributed by atoms with Gasteiger partial charge >= 0.3 is 6.18 Å². The highest BCUT2D eigenvalue weighted by Gasteiger charge is 2.29. The third kappa shape index (κ3) is 3.60. The lowest BCUT2D eigenvalue weighted by atomic mass is 10.1. The maximum atomic E-state index is 12.5. The van der Waals surface area contributed by atoms with Gasteiger partial charge in [-0.1, -0.05) is 24.3 Å². The van der Waals surface area contributed by atoms with E-state index in [2.05, 4.69) is 9.71 Å². The first-order valence-corrected chi connectivity index (χ1v) is 8.07.